The van der Waals surface area contributed by atoms with Gasteiger partial charge in [0.25, 0.3) is 5.91 Å². The van der Waals surface area contributed by atoms with Crippen LogP contribution in [0.15, 0.2) is 36.7 Å². The van der Waals surface area contributed by atoms with Gasteiger partial charge in [-0.3, -0.25) is 4.79 Å². The topological polar surface area (TPSA) is 58.2 Å². The molecule has 0 bridgehead atoms. The minimum atomic E-state index is -0.0330. The Labute approximate surface area is 112 Å². The SMILES string of the molecule is COCc1cccc(C(=O)N(C)Cc2ncc[nH]2)c1. The van der Waals surface area contributed by atoms with E-state index in [2.05, 4.69) is 9.97 Å². The van der Waals surface area contributed by atoms with Crippen LogP contribution in [0.25, 0.3) is 0 Å². The van der Waals surface area contributed by atoms with Crippen LogP contribution in [0.5, 0.6) is 0 Å². The van der Waals surface area contributed by atoms with Gasteiger partial charge in [-0.05, 0) is 17.7 Å². The molecule has 5 nitrogen and oxygen atoms in total. The molecule has 0 aliphatic carbocycles. The lowest BCUT2D eigenvalue weighted by molar-refractivity contribution is 0.0781. The number of benzene rings is 1. The molecule has 5 heteroatoms. The number of ether oxygens (including phenoxy) is 1. The Morgan fingerprint density at radius 1 is 1.47 bits per heavy atom. The lowest BCUT2D eigenvalue weighted by Gasteiger charge is -2.16. The van der Waals surface area contributed by atoms with Gasteiger partial charge in [0.2, 0.25) is 0 Å². The Morgan fingerprint density at radius 2 is 2.32 bits per heavy atom. The number of H-pyrrole nitrogens is 1. The Bertz CT molecular complexity index is 537. The maximum atomic E-state index is 12.3. The van der Waals surface area contributed by atoms with Crippen molar-refractivity contribution in [1.29, 1.82) is 0 Å². The summed E-state index contributed by atoms with van der Waals surface area (Å²) in [5.41, 5.74) is 1.64. The van der Waals surface area contributed by atoms with E-state index in [-0.39, 0.29) is 5.91 Å². The van der Waals surface area contributed by atoms with Crippen LogP contribution < -0.4 is 0 Å². The van der Waals surface area contributed by atoms with Crippen molar-refractivity contribution >= 4 is 5.91 Å². The van der Waals surface area contributed by atoms with Crippen molar-refractivity contribution < 1.29 is 9.53 Å². The van der Waals surface area contributed by atoms with E-state index in [0.717, 1.165) is 11.4 Å². The first kappa shape index (κ1) is 13.3. The van der Waals surface area contributed by atoms with Crippen LogP contribution >= 0.6 is 0 Å². The first-order valence-corrected chi connectivity index (χ1v) is 6.02. The van der Waals surface area contributed by atoms with Gasteiger partial charge in [0.05, 0.1) is 13.2 Å². The van der Waals surface area contributed by atoms with E-state index in [1.807, 2.05) is 18.2 Å². The third-order valence-electron chi connectivity index (χ3n) is 2.77. The average molecular weight is 259 g/mol. The highest BCUT2D eigenvalue weighted by molar-refractivity contribution is 5.94. The first-order chi connectivity index (χ1) is 9.20. The molecule has 0 aliphatic rings. The molecule has 2 rings (SSSR count). The molecule has 0 saturated heterocycles. The highest BCUT2D eigenvalue weighted by atomic mass is 16.5. The van der Waals surface area contributed by atoms with Crippen molar-refractivity contribution in [3.63, 3.8) is 0 Å². The Morgan fingerprint density at radius 3 is 3.00 bits per heavy atom. The number of rotatable bonds is 5. The number of imidazole rings is 1. The lowest BCUT2D eigenvalue weighted by Crippen LogP contribution is -2.26. The van der Waals surface area contributed by atoms with Gasteiger partial charge < -0.3 is 14.6 Å². The summed E-state index contributed by atoms with van der Waals surface area (Å²) < 4.78 is 5.07. The second kappa shape index (κ2) is 6.15. The minimum absolute atomic E-state index is 0.0330. The number of carbonyl (C=O) groups excluding carboxylic acids is 1. The summed E-state index contributed by atoms with van der Waals surface area (Å²) in [4.78, 5) is 21.0. The molecule has 1 amide bonds. The number of carbonyl (C=O) groups is 1. The summed E-state index contributed by atoms with van der Waals surface area (Å²) in [5.74, 6) is 0.734. The summed E-state index contributed by atoms with van der Waals surface area (Å²) in [6.07, 6.45) is 3.42. The quantitative estimate of drug-likeness (QED) is 0.891. The second-order valence-corrected chi connectivity index (χ2v) is 4.33. The largest absolute Gasteiger partial charge is 0.380 e. The number of methoxy groups -OCH3 is 1. The predicted molar refractivity (Wildman–Crippen MR) is 71.5 cm³/mol. The van der Waals surface area contributed by atoms with Gasteiger partial charge in [0.1, 0.15) is 5.82 Å². The molecule has 1 aromatic carbocycles. The number of amides is 1. The summed E-state index contributed by atoms with van der Waals surface area (Å²) >= 11 is 0. The molecule has 0 radical (unpaired) electrons. The minimum Gasteiger partial charge on any atom is -0.380 e. The van der Waals surface area contributed by atoms with Gasteiger partial charge in [-0.25, -0.2) is 4.98 Å². The molecule has 0 fully saturated rings. The molecule has 0 spiro atoms. The zero-order valence-corrected chi connectivity index (χ0v) is 11.1. The molecular weight excluding hydrogens is 242 g/mol. The van der Waals surface area contributed by atoms with Crippen LogP contribution in [-0.4, -0.2) is 34.9 Å². The normalized spacial score (nSPS) is 10.4. The first-order valence-electron chi connectivity index (χ1n) is 6.02. The zero-order valence-electron chi connectivity index (χ0n) is 11.1. The maximum Gasteiger partial charge on any atom is 0.254 e. The number of aromatic nitrogens is 2. The fourth-order valence-electron chi connectivity index (χ4n) is 1.86. The van der Waals surface area contributed by atoms with E-state index in [0.29, 0.717) is 18.7 Å². The van der Waals surface area contributed by atoms with E-state index in [1.165, 1.54) is 0 Å². The fourth-order valence-corrected chi connectivity index (χ4v) is 1.86. The molecule has 0 atom stereocenters. The van der Waals surface area contributed by atoms with Crippen molar-refractivity contribution in [3.8, 4) is 0 Å². The van der Waals surface area contributed by atoms with Crippen LogP contribution in [0.2, 0.25) is 0 Å². The van der Waals surface area contributed by atoms with E-state index in [9.17, 15) is 4.79 Å². The third-order valence-corrected chi connectivity index (χ3v) is 2.77. The molecule has 0 unspecified atom stereocenters. The molecule has 2 aromatic rings. The average Bonchev–Trinajstić information content (AvgIpc) is 2.91. The maximum absolute atomic E-state index is 12.3. The number of aromatic amines is 1. The van der Waals surface area contributed by atoms with Crippen LogP contribution in [0, 0.1) is 0 Å². The van der Waals surface area contributed by atoms with E-state index < -0.39 is 0 Å². The molecule has 0 saturated carbocycles. The van der Waals surface area contributed by atoms with Crippen molar-refractivity contribution in [2.45, 2.75) is 13.2 Å². The van der Waals surface area contributed by atoms with Crippen LogP contribution in [-0.2, 0) is 17.9 Å². The summed E-state index contributed by atoms with van der Waals surface area (Å²) in [7, 11) is 3.39. The van der Waals surface area contributed by atoms with Gasteiger partial charge in [-0.1, -0.05) is 12.1 Å². The zero-order chi connectivity index (χ0) is 13.7. The molecule has 19 heavy (non-hydrogen) atoms. The van der Waals surface area contributed by atoms with Crippen LogP contribution in [0.1, 0.15) is 21.7 Å². The molecule has 1 N–H and O–H groups in total. The molecule has 1 aromatic heterocycles. The smallest absolute Gasteiger partial charge is 0.254 e. The van der Waals surface area contributed by atoms with Crippen molar-refractivity contribution in [2.75, 3.05) is 14.2 Å². The van der Waals surface area contributed by atoms with E-state index in [1.54, 1.807) is 37.5 Å². The van der Waals surface area contributed by atoms with Gasteiger partial charge in [0, 0.05) is 32.1 Å². The van der Waals surface area contributed by atoms with Crippen molar-refractivity contribution in [2.24, 2.45) is 0 Å². The summed E-state index contributed by atoms with van der Waals surface area (Å²) in [6, 6.07) is 7.46. The molecule has 1 heterocycles. The molecular formula is C14H17N3O2. The highest BCUT2D eigenvalue weighted by Gasteiger charge is 2.13. The summed E-state index contributed by atoms with van der Waals surface area (Å²) in [6.45, 7) is 0.962. The third kappa shape index (κ3) is 3.42. The standard InChI is InChI=1S/C14H17N3O2/c1-17(9-13-15-6-7-16-13)14(18)12-5-3-4-11(8-12)10-19-2/h3-8H,9-10H2,1-2H3,(H,15,16). The molecule has 0 aliphatic heterocycles. The van der Waals surface area contributed by atoms with Gasteiger partial charge in [0.15, 0.2) is 0 Å². The monoisotopic (exact) mass is 259 g/mol. The van der Waals surface area contributed by atoms with Crippen LogP contribution in [0.3, 0.4) is 0 Å². The number of nitrogens with zero attached hydrogens (tertiary/aromatic N) is 2. The van der Waals surface area contributed by atoms with Crippen LogP contribution in [0.4, 0.5) is 0 Å². The molecule has 100 valence electrons. The Balaban J connectivity index is 2.08. The fraction of sp³-hybridized carbons (Fsp3) is 0.286. The Kier molecular flexibility index (Phi) is 4.30. The number of hydrogen-bond acceptors (Lipinski definition) is 3. The van der Waals surface area contributed by atoms with Crippen molar-refractivity contribution in [1.82, 2.24) is 14.9 Å². The number of nitrogens with one attached hydrogen (secondary N) is 1. The predicted octanol–water partition coefficient (Wildman–Crippen LogP) is 1.83. The van der Waals surface area contributed by atoms with Gasteiger partial charge >= 0.3 is 0 Å². The van der Waals surface area contributed by atoms with Crippen molar-refractivity contribution in [3.05, 3.63) is 53.6 Å². The summed E-state index contributed by atoms with van der Waals surface area (Å²) in [5, 5.41) is 0. The van der Waals surface area contributed by atoms with E-state index in [4.69, 9.17) is 4.74 Å². The second-order valence-electron chi connectivity index (χ2n) is 4.33. The van der Waals surface area contributed by atoms with E-state index >= 15 is 0 Å². The number of hydrogen-bond donors (Lipinski definition) is 1. The Hall–Kier alpha value is -2.14. The van der Waals surface area contributed by atoms with Gasteiger partial charge in [-0.15, -0.1) is 0 Å². The lowest BCUT2D eigenvalue weighted by atomic mass is 10.1. The van der Waals surface area contributed by atoms with Gasteiger partial charge in [-0.2, -0.15) is 0 Å². The highest BCUT2D eigenvalue weighted by Crippen LogP contribution is 2.10.